The topological polar surface area (TPSA) is 25.8 Å². The maximum Gasteiger partial charge on any atom is 0.154 e. The molecule has 0 fully saturated rings. The van der Waals surface area contributed by atoms with Crippen molar-refractivity contribution in [2.45, 2.75) is 6.92 Å². The summed E-state index contributed by atoms with van der Waals surface area (Å²) in [5.41, 5.74) is 2.88. The van der Waals surface area contributed by atoms with Gasteiger partial charge in [0.1, 0.15) is 0 Å². The molecule has 0 saturated heterocycles. The summed E-state index contributed by atoms with van der Waals surface area (Å²) in [4.78, 5) is 0. The fraction of sp³-hybridized carbons (Fsp3) is 0.0667. The van der Waals surface area contributed by atoms with E-state index in [-0.39, 0.29) is 0 Å². The third-order valence-electron chi connectivity index (χ3n) is 2.99. The fourth-order valence-corrected chi connectivity index (χ4v) is 2.14. The predicted octanol–water partition coefficient (Wildman–Crippen LogP) is 4.26. The Bertz CT molecular complexity index is 717. The molecule has 0 radical (unpaired) electrons. The van der Waals surface area contributed by atoms with Gasteiger partial charge in [-0.1, -0.05) is 54.1 Å². The highest BCUT2D eigenvalue weighted by Gasteiger charge is 2.07. The van der Waals surface area contributed by atoms with E-state index in [1.807, 2.05) is 31.2 Å². The standard InChI is InChI=1S/C15H11ClN2/c1-10-9-14(17-18-15(10)16)13-8-4-6-11-5-2-3-7-12(11)13/h2-9H,1H3. The number of nitrogens with zero attached hydrogens (tertiary/aromatic N) is 2. The summed E-state index contributed by atoms with van der Waals surface area (Å²) in [7, 11) is 0. The Hall–Kier alpha value is -1.93. The third kappa shape index (κ3) is 1.85. The Labute approximate surface area is 110 Å². The molecule has 3 aromatic rings. The zero-order valence-corrected chi connectivity index (χ0v) is 10.6. The molecular formula is C15H11ClN2. The Morgan fingerprint density at radius 1 is 0.944 bits per heavy atom. The van der Waals surface area contributed by atoms with Crippen molar-refractivity contribution in [2.24, 2.45) is 0 Å². The SMILES string of the molecule is Cc1cc(-c2cccc3ccccc23)nnc1Cl. The van der Waals surface area contributed by atoms with Gasteiger partial charge in [-0.05, 0) is 29.3 Å². The van der Waals surface area contributed by atoms with E-state index in [1.165, 1.54) is 10.8 Å². The van der Waals surface area contributed by atoms with Gasteiger partial charge >= 0.3 is 0 Å². The highest BCUT2D eigenvalue weighted by atomic mass is 35.5. The summed E-state index contributed by atoms with van der Waals surface area (Å²) in [6.07, 6.45) is 0. The van der Waals surface area contributed by atoms with Crippen LogP contribution in [0.2, 0.25) is 5.15 Å². The largest absolute Gasteiger partial charge is 0.154 e. The molecule has 0 spiro atoms. The van der Waals surface area contributed by atoms with E-state index in [0.29, 0.717) is 5.15 Å². The van der Waals surface area contributed by atoms with Gasteiger partial charge in [-0.3, -0.25) is 0 Å². The molecule has 88 valence electrons. The molecule has 0 saturated carbocycles. The van der Waals surface area contributed by atoms with Crippen molar-refractivity contribution in [3.05, 3.63) is 59.2 Å². The first-order valence-corrected chi connectivity index (χ1v) is 6.11. The van der Waals surface area contributed by atoms with Crippen LogP contribution in [0.25, 0.3) is 22.0 Å². The first kappa shape index (κ1) is 11.2. The maximum absolute atomic E-state index is 5.91. The number of rotatable bonds is 1. The molecule has 0 N–H and O–H groups in total. The van der Waals surface area contributed by atoms with Gasteiger partial charge in [0.25, 0.3) is 0 Å². The van der Waals surface area contributed by atoms with E-state index in [2.05, 4.69) is 34.5 Å². The van der Waals surface area contributed by atoms with Crippen LogP contribution in [0.3, 0.4) is 0 Å². The van der Waals surface area contributed by atoms with E-state index in [1.54, 1.807) is 0 Å². The number of hydrogen-bond acceptors (Lipinski definition) is 2. The van der Waals surface area contributed by atoms with Crippen molar-refractivity contribution in [3.63, 3.8) is 0 Å². The lowest BCUT2D eigenvalue weighted by molar-refractivity contribution is 1.02. The van der Waals surface area contributed by atoms with Gasteiger partial charge in [-0.15, -0.1) is 10.2 Å². The molecular weight excluding hydrogens is 244 g/mol. The zero-order chi connectivity index (χ0) is 12.5. The van der Waals surface area contributed by atoms with Crippen LogP contribution >= 0.6 is 11.6 Å². The number of benzene rings is 2. The summed E-state index contributed by atoms with van der Waals surface area (Å²) in [6.45, 7) is 1.94. The third-order valence-corrected chi connectivity index (χ3v) is 3.36. The van der Waals surface area contributed by atoms with Crippen molar-refractivity contribution in [1.82, 2.24) is 10.2 Å². The van der Waals surface area contributed by atoms with Crippen LogP contribution in [0, 0.1) is 6.92 Å². The van der Waals surface area contributed by atoms with Crippen molar-refractivity contribution < 1.29 is 0 Å². The van der Waals surface area contributed by atoms with E-state index in [9.17, 15) is 0 Å². The van der Waals surface area contributed by atoms with Crippen LogP contribution in [0.5, 0.6) is 0 Å². The van der Waals surface area contributed by atoms with Crippen LogP contribution in [-0.4, -0.2) is 10.2 Å². The lowest BCUT2D eigenvalue weighted by Crippen LogP contribution is -1.91. The van der Waals surface area contributed by atoms with Crippen LogP contribution in [-0.2, 0) is 0 Å². The lowest BCUT2D eigenvalue weighted by Gasteiger charge is -2.06. The monoisotopic (exact) mass is 254 g/mol. The Morgan fingerprint density at radius 3 is 2.56 bits per heavy atom. The summed E-state index contributed by atoms with van der Waals surface area (Å²) in [5, 5.41) is 11.0. The molecule has 0 atom stereocenters. The van der Waals surface area contributed by atoms with Crippen LogP contribution < -0.4 is 0 Å². The molecule has 0 bridgehead atoms. The first-order chi connectivity index (χ1) is 8.75. The lowest BCUT2D eigenvalue weighted by atomic mass is 10.0. The minimum absolute atomic E-state index is 0.457. The van der Waals surface area contributed by atoms with E-state index in [0.717, 1.165) is 16.8 Å². The average Bonchev–Trinajstić information content (AvgIpc) is 2.41. The smallest absolute Gasteiger partial charge is 0.149 e. The van der Waals surface area contributed by atoms with E-state index < -0.39 is 0 Å². The van der Waals surface area contributed by atoms with Crippen molar-refractivity contribution in [2.75, 3.05) is 0 Å². The van der Waals surface area contributed by atoms with Crippen molar-refractivity contribution in [3.8, 4) is 11.3 Å². The molecule has 0 amide bonds. The molecule has 3 heteroatoms. The van der Waals surface area contributed by atoms with Crippen LogP contribution in [0.4, 0.5) is 0 Å². The maximum atomic E-state index is 5.91. The minimum Gasteiger partial charge on any atom is -0.149 e. The highest BCUT2D eigenvalue weighted by Crippen LogP contribution is 2.28. The number of aryl methyl sites for hydroxylation is 1. The van der Waals surface area contributed by atoms with Gasteiger partial charge in [-0.2, -0.15) is 0 Å². The number of fused-ring (bicyclic) bond motifs is 1. The number of halogens is 1. The van der Waals surface area contributed by atoms with Crippen molar-refractivity contribution >= 4 is 22.4 Å². The molecule has 3 rings (SSSR count). The summed E-state index contributed by atoms with van der Waals surface area (Å²) in [5.74, 6) is 0. The fourth-order valence-electron chi connectivity index (χ4n) is 2.05. The Kier molecular flexibility index (Phi) is 2.73. The van der Waals surface area contributed by atoms with Gasteiger partial charge in [0.2, 0.25) is 0 Å². The molecule has 0 unspecified atom stereocenters. The second-order valence-electron chi connectivity index (χ2n) is 4.23. The predicted molar refractivity (Wildman–Crippen MR) is 74.7 cm³/mol. The van der Waals surface area contributed by atoms with Crippen LogP contribution in [0.15, 0.2) is 48.5 Å². The van der Waals surface area contributed by atoms with E-state index >= 15 is 0 Å². The van der Waals surface area contributed by atoms with Crippen molar-refractivity contribution in [1.29, 1.82) is 0 Å². The van der Waals surface area contributed by atoms with Crippen LogP contribution in [0.1, 0.15) is 5.56 Å². The number of aromatic nitrogens is 2. The van der Waals surface area contributed by atoms with E-state index in [4.69, 9.17) is 11.6 Å². The van der Waals surface area contributed by atoms with Gasteiger partial charge < -0.3 is 0 Å². The zero-order valence-electron chi connectivity index (χ0n) is 9.89. The number of hydrogen-bond donors (Lipinski definition) is 0. The molecule has 0 aliphatic heterocycles. The molecule has 1 heterocycles. The Morgan fingerprint density at radius 2 is 1.72 bits per heavy atom. The normalized spacial score (nSPS) is 10.8. The summed E-state index contributed by atoms with van der Waals surface area (Å²) >= 11 is 5.91. The Balaban J connectivity index is 2.28. The summed E-state index contributed by atoms with van der Waals surface area (Å²) in [6, 6.07) is 16.4. The molecule has 0 aliphatic carbocycles. The second-order valence-corrected chi connectivity index (χ2v) is 4.59. The van der Waals surface area contributed by atoms with Gasteiger partial charge in [0.15, 0.2) is 5.15 Å². The summed E-state index contributed by atoms with van der Waals surface area (Å²) < 4.78 is 0. The molecule has 2 aromatic carbocycles. The first-order valence-electron chi connectivity index (χ1n) is 5.73. The van der Waals surface area contributed by atoms with Gasteiger partial charge in [0, 0.05) is 5.56 Å². The molecule has 18 heavy (non-hydrogen) atoms. The van der Waals surface area contributed by atoms with Gasteiger partial charge in [-0.25, -0.2) is 0 Å². The molecule has 0 aliphatic rings. The highest BCUT2D eigenvalue weighted by molar-refractivity contribution is 6.30. The second kappa shape index (κ2) is 4.39. The molecule has 2 nitrogen and oxygen atoms in total. The minimum atomic E-state index is 0.457. The average molecular weight is 255 g/mol. The van der Waals surface area contributed by atoms with Gasteiger partial charge in [0.05, 0.1) is 5.69 Å². The quantitative estimate of drug-likeness (QED) is 0.648. The molecule has 1 aromatic heterocycles.